The van der Waals surface area contributed by atoms with Crippen molar-refractivity contribution in [2.24, 2.45) is 0 Å². The highest BCUT2D eigenvalue weighted by Gasteiger charge is 2.13. The Kier molecular flexibility index (Phi) is 17.4. The molecule has 0 aliphatic carbocycles. The van der Waals surface area contributed by atoms with Gasteiger partial charge in [0.05, 0.1) is 0 Å². The summed E-state index contributed by atoms with van der Waals surface area (Å²) < 4.78 is 45.1. The molecule has 0 aliphatic heterocycles. The largest absolute Gasteiger partial charge is 0.489 e. The van der Waals surface area contributed by atoms with Crippen molar-refractivity contribution < 1.29 is 33.2 Å². The number of hydrogen-bond donors (Lipinski definition) is 0. The maximum absolute atomic E-state index is 6.63. The van der Waals surface area contributed by atoms with Crippen LogP contribution < -0.4 is 33.2 Å². The summed E-state index contributed by atoms with van der Waals surface area (Å²) in [5, 5.41) is 0. The van der Waals surface area contributed by atoms with Gasteiger partial charge in [-0.3, -0.25) is 0 Å². The fourth-order valence-corrected chi connectivity index (χ4v) is 7.83. The summed E-state index contributed by atoms with van der Waals surface area (Å²) in [6.45, 7) is 4.07. The van der Waals surface area contributed by atoms with Crippen LogP contribution in [-0.4, -0.2) is 38.0 Å². The first kappa shape index (κ1) is 48.7. The third kappa shape index (κ3) is 15.9. The molecular weight excluding hydrogens is 873 g/mol. The topological polar surface area (TPSA) is 71.1 Å². The molecule has 9 heteroatoms. The molecule has 358 valence electrons. The van der Waals surface area contributed by atoms with Gasteiger partial charge in [0.15, 0.2) is 0 Å². The van der Waals surface area contributed by atoms with Gasteiger partial charge in [-0.05, 0) is 127 Å². The van der Waals surface area contributed by atoms with Gasteiger partial charge in [0.1, 0.15) is 86.5 Å². The van der Waals surface area contributed by atoms with E-state index in [1.165, 1.54) is 11.1 Å². The molecule has 0 unspecified atom stereocenters. The molecule has 0 aromatic heterocycles. The summed E-state index contributed by atoms with van der Waals surface area (Å²) in [5.74, 6) is 4.80. The second-order valence-electron chi connectivity index (χ2n) is 17.9. The molecule has 0 saturated carbocycles. The summed E-state index contributed by atoms with van der Waals surface area (Å²) in [7, 11) is 8.30. The first-order chi connectivity index (χ1) is 34.2. The van der Waals surface area contributed by atoms with Crippen molar-refractivity contribution in [3.8, 4) is 40.2 Å². The van der Waals surface area contributed by atoms with E-state index >= 15 is 0 Å². The first-order valence-electron chi connectivity index (χ1n) is 23.6. The average molecular weight is 935 g/mol. The molecule has 0 N–H and O–H groups in total. The van der Waals surface area contributed by atoms with E-state index in [9.17, 15) is 0 Å². The van der Waals surface area contributed by atoms with E-state index < -0.39 is 0 Å². The molecule has 0 heterocycles. The molecule has 0 bridgehead atoms. The van der Waals surface area contributed by atoms with Gasteiger partial charge in [0, 0.05) is 31.3 Å². The molecule has 8 aromatic carbocycles. The second-order valence-corrected chi connectivity index (χ2v) is 17.9. The van der Waals surface area contributed by atoms with Crippen LogP contribution in [0.1, 0.15) is 50.1 Å². The monoisotopic (exact) mass is 934 g/mol. The number of rotatable bonds is 25. The van der Waals surface area contributed by atoms with Gasteiger partial charge in [-0.15, -0.1) is 0 Å². The van der Waals surface area contributed by atoms with Crippen molar-refractivity contribution in [2.75, 3.05) is 28.2 Å². The number of ether oxygens (including phenoxy) is 7. The van der Waals surface area contributed by atoms with Crippen LogP contribution in [0, 0.1) is 0 Å². The predicted molar refractivity (Wildman–Crippen MR) is 277 cm³/mol. The van der Waals surface area contributed by atoms with Crippen LogP contribution in [-0.2, 0) is 59.3 Å². The quantitative estimate of drug-likeness (QED) is 0.0557. The minimum Gasteiger partial charge on any atom is -0.489 e. The maximum Gasteiger partial charge on any atom is 0.123 e. The third-order valence-electron chi connectivity index (χ3n) is 11.1. The van der Waals surface area contributed by atoms with Gasteiger partial charge in [0.25, 0.3) is 0 Å². The highest BCUT2D eigenvalue weighted by molar-refractivity contribution is 5.43. The summed E-state index contributed by atoms with van der Waals surface area (Å²) in [4.78, 5) is 4.33. The van der Waals surface area contributed by atoms with Crippen LogP contribution in [0.5, 0.6) is 40.2 Å². The average Bonchev–Trinajstić information content (AvgIpc) is 3.37. The number of nitrogens with zero attached hydrogens (tertiary/aromatic N) is 2. The van der Waals surface area contributed by atoms with Gasteiger partial charge in [-0.2, -0.15) is 0 Å². The van der Waals surface area contributed by atoms with Gasteiger partial charge in [-0.25, -0.2) is 0 Å². The molecule has 0 spiro atoms. The minimum atomic E-state index is 0.247. The molecule has 8 aromatic rings. The smallest absolute Gasteiger partial charge is 0.123 e. The zero-order valence-electron chi connectivity index (χ0n) is 40.6. The van der Waals surface area contributed by atoms with E-state index in [4.69, 9.17) is 33.2 Å². The lowest BCUT2D eigenvalue weighted by Gasteiger charge is -2.17. The first-order valence-corrected chi connectivity index (χ1v) is 23.6. The standard InChI is InChI=1S/C61H62N2O7/c1-62(2)37-50-25-51(38-63(3)4)27-55(26-50)68-43-52-32-60(69-44-53-28-56(64-39-46-17-9-5-10-18-46)34-57(29-53)65-40-47-19-11-6-12-20-47)36-61(33-52)70-45-54-30-58(66-41-48-21-13-7-14-22-48)35-59(31-54)67-42-49-23-15-8-16-24-49/h5-36H,37-45H2,1-4H3. The van der Waals surface area contributed by atoms with Crippen LogP contribution in [0.2, 0.25) is 0 Å². The van der Waals surface area contributed by atoms with Crippen LogP contribution in [0.4, 0.5) is 0 Å². The van der Waals surface area contributed by atoms with Crippen molar-refractivity contribution >= 4 is 0 Å². The van der Waals surface area contributed by atoms with Crippen molar-refractivity contribution in [1.82, 2.24) is 9.80 Å². The van der Waals surface area contributed by atoms with Crippen molar-refractivity contribution in [3.63, 3.8) is 0 Å². The summed E-state index contributed by atoms with van der Waals surface area (Å²) in [5.41, 5.74) is 9.32. The zero-order chi connectivity index (χ0) is 48.3. The lowest BCUT2D eigenvalue weighted by Crippen LogP contribution is -2.13. The molecule has 0 amide bonds. The molecule has 0 radical (unpaired) electrons. The Bertz CT molecular complexity index is 2530. The number of benzene rings is 8. The van der Waals surface area contributed by atoms with Crippen LogP contribution in [0.3, 0.4) is 0 Å². The fraction of sp³-hybridized carbons (Fsp3) is 0.213. The Balaban J connectivity index is 1.05. The lowest BCUT2D eigenvalue weighted by atomic mass is 10.1. The summed E-state index contributed by atoms with van der Waals surface area (Å²) >= 11 is 0. The summed E-state index contributed by atoms with van der Waals surface area (Å²) in [6, 6.07) is 64.7. The highest BCUT2D eigenvalue weighted by atomic mass is 16.5. The van der Waals surface area contributed by atoms with E-state index in [2.05, 4.69) is 105 Å². The molecule has 70 heavy (non-hydrogen) atoms. The predicted octanol–water partition coefficient (Wildman–Crippen LogP) is 12.9. The fourth-order valence-electron chi connectivity index (χ4n) is 7.83. The second kappa shape index (κ2) is 25.1. The molecular formula is C61H62N2O7. The molecule has 8 rings (SSSR count). The van der Waals surface area contributed by atoms with Crippen molar-refractivity contribution in [2.45, 2.75) is 59.3 Å². The van der Waals surface area contributed by atoms with E-state index in [1.807, 2.05) is 127 Å². The third-order valence-corrected chi connectivity index (χ3v) is 11.1. The Morgan fingerprint density at radius 3 is 0.657 bits per heavy atom. The lowest BCUT2D eigenvalue weighted by molar-refractivity contribution is 0.272. The van der Waals surface area contributed by atoms with Gasteiger partial charge >= 0.3 is 0 Å². The van der Waals surface area contributed by atoms with Crippen LogP contribution >= 0.6 is 0 Å². The molecule has 0 saturated heterocycles. The number of hydrogen-bond acceptors (Lipinski definition) is 9. The summed E-state index contributed by atoms with van der Waals surface area (Å²) in [6.07, 6.45) is 0. The molecule has 0 atom stereocenters. The van der Waals surface area contributed by atoms with Gasteiger partial charge in [0.2, 0.25) is 0 Å². The Labute approximate surface area is 413 Å². The van der Waals surface area contributed by atoms with Crippen molar-refractivity contribution in [1.29, 1.82) is 0 Å². The van der Waals surface area contributed by atoms with E-state index in [0.29, 0.717) is 67.5 Å². The van der Waals surface area contributed by atoms with Gasteiger partial charge < -0.3 is 43.0 Å². The van der Waals surface area contributed by atoms with Crippen molar-refractivity contribution in [3.05, 3.63) is 244 Å². The molecule has 0 fully saturated rings. The normalized spacial score (nSPS) is 11.1. The van der Waals surface area contributed by atoms with E-state index in [0.717, 1.165) is 57.8 Å². The van der Waals surface area contributed by atoms with E-state index in [-0.39, 0.29) is 13.2 Å². The van der Waals surface area contributed by atoms with Crippen LogP contribution in [0.15, 0.2) is 194 Å². The molecule has 9 nitrogen and oxygen atoms in total. The maximum atomic E-state index is 6.63. The Morgan fingerprint density at radius 1 is 0.229 bits per heavy atom. The Morgan fingerprint density at radius 2 is 0.429 bits per heavy atom. The highest BCUT2D eigenvalue weighted by Crippen LogP contribution is 2.31. The molecule has 0 aliphatic rings. The van der Waals surface area contributed by atoms with Crippen LogP contribution in [0.25, 0.3) is 0 Å². The van der Waals surface area contributed by atoms with E-state index in [1.54, 1.807) is 0 Å². The Hall–Kier alpha value is -7.72. The zero-order valence-corrected chi connectivity index (χ0v) is 40.6. The minimum absolute atomic E-state index is 0.247. The SMILES string of the molecule is CN(C)Cc1cc(CN(C)C)cc(OCc2cc(OCc3cc(OCc4ccccc4)cc(OCc4ccccc4)c3)cc(OCc3cc(OCc4ccccc4)cc(OCc4ccccc4)c3)c2)c1. The van der Waals surface area contributed by atoms with Gasteiger partial charge in [-0.1, -0.05) is 127 Å².